The maximum Gasteiger partial charge on any atom is 0.119 e. The van der Waals surface area contributed by atoms with Gasteiger partial charge < -0.3 is 9.47 Å². The third kappa shape index (κ3) is 20.9. The van der Waals surface area contributed by atoms with Crippen LogP contribution in [0.5, 0.6) is 11.5 Å². The molecule has 0 aliphatic heterocycles. The van der Waals surface area contributed by atoms with E-state index in [4.69, 9.17) is 9.47 Å². The van der Waals surface area contributed by atoms with Gasteiger partial charge in [-0.1, -0.05) is 218 Å². The standard InChI is InChI=1S/C38H42.C24H26O.C23H30O.C23H24/c1-27-19-28(2)21-37(20-27)38-25-31(9-5-3-7-29-11-13-33-15-17-35(33)23-29)22-32(26-38)10-6-4-8-30-12-14-34-16-18-36(34)24-30;1-17-9-10-18(2)24-16-21(12-14-22(17)24)25-15-4-3-6-19-7-5-8-20-11-13-23(19)20;1-17(16-24-23-13-18(2)12-19(3)14-23)6-4-5-7-20-8-9-21-10-11-22(21)15-20;1-16-6-8-22-13-17(2)12-21(23(22)14-16)5-3-4-18-7-9-19-10-11-20(19)15-18/h11-14,19-26H,3-10,15-18H2,1-2H3;5,7-10,12,14,16H,3-4,6,11,13,15H2,1-2H3;8-9,12-15,17H,4-7,10-11,16H2,1-3H3;6-9,12-15H,3-5,10-11H2,1-2H3. The summed E-state index contributed by atoms with van der Waals surface area (Å²) in [7, 11) is 0. The summed E-state index contributed by atoms with van der Waals surface area (Å²) in [4.78, 5) is 0. The topological polar surface area (TPSA) is 18.5 Å². The van der Waals surface area contributed by atoms with Crippen LogP contribution in [0.25, 0.3) is 32.7 Å². The van der Waals surface area contributed by atoms with Crippen molar-refractivity contribution in [2.75, 3.05) is 13.2 Å². The summed E-state index contributed by atoms with van der Waals surface area (Å²) in [5.41, 5.74) is 41.4. The van der Waals surface area contributed by atoms with Gasteiger partial charge in [-0.2, -0.15) is 0 Å². The average molecular weight is 1450 g/mol. The van der Waals surface area contributed by atoms with Crippen molar-refractivity contribution in [3.05, 3.63) is 351 Å². The highest BCUT2D eigenvalue weighted by Crippen LogP contribution is 2.34. The molecule has 566 valence electrons. The summed E-state index contributed by atoms with van der Waals surface area (Å²) in [6.07, 6.45) is 34.7. The van der Waals surface area contributed by atoms with Gasteiger partial charge in [-0.25, -0.2) is 0 Å². The summed E-state index contributed by atoms with van der Waals surface area (Å²) in [5, 5.41) is 5.45. The maximum atomic E-state index is 6.01. The molecule has 0 aromatic heterocycles. The highest BCUT2D eigenvalue weighted by Gasteiger charge is 2.19. The van der Waals surface area contributed by atoms with Gasteiger partial charge in [0.15, 0.2) is 0 Å². The number of hydrogen-bond acceptors (Lipinski definition) is 2. The van der Waals surface area contributed by atoms with E-state index in [0.29, 0.717) is 5.92 Å². The molecule has 1 unspecified atom stereocenters. The van der Waals surface area contributed by atoms with Crippen LogP contribution in [0.3, 0.4) is 0 Å². The summed E-state index contributed by atoms with van der Waals surface area (Å²) >= 11 is 0. The molecule has 1 atom stereocenters. The van der Waals surface area contributed by atoms with Crippen molar-refractivity contribution in [1.29, 1.82) is 0 Å². The zero-order chi connectivity index (χ0) is 75.9. The zero-order valence-electron chi connectivity index (χ0n) is 68.2. The summed E-state index contributed by atoms with van der Waals surface area (Å²) in [5.74, 6) is 2.62. The summed E-state index contributed by atoms with van der Waals surface area (Å²) < 4.78 is 12.0. The van der Waals surface area contributed by atoms with Crippen molar-refractivity contribution in [3.8, 4) is 22.6 Å². The lowest BCUT2D eigenvalue weighted by molar-refractivity contribution is 0.249. The fourth-order valence-electron chi connectivity index (χ4n) is 17.7. The molecule has 110 heavy (non-hydrogen) atoms. The molecule has 0 saturated heterocycles. The van der Waals surface area contributed by atoms with E-state index >= 15 is 0 Å². The van der Waals surface area contributed by atoms with Crippen LogP contribution in [-0.4, -0.2) is 13.2 Å². The third-order valence-electron chi connectivity index (χ3n) is 24.6. The second kappa shape index (κ2) is 37.2. The fourth-order valence-corrected chi connectivity index (χ4v) is 17.7. The summed E-state index contributed by atoms with van der Waals surface area (Å²) in [6, 6.07) is 78.5. The Kier molecular flexibility index (Phi) is 26.2. The van der Waals surface area contributed by atoms with Gasteiger partial charge >= 0.3 is 0 Å². The molecule has 2 nitrogen and oxygen atoms in total. The van der Waals surface area contributed by atoms with Crippen LogP contribution in [0, 0.1) is 61.3 Å². The van der Waals surface area contributed by atoms with Crippen molar-refractivity contribution in [3.63, 3.8) is 0 Å². The minimum absolute atomic E-state index is 0.614. The Morgan fingerprint density at radius 3 is 1.27 bits per heavy atom. The molecule has 17 rings (SSSR count). The quantitative estimate of drug-likeness (QED) is 0.0435. The minimum Gasteiger partial charge on any atom is -0.494 e. The number of rotatable bonds is 29. The molecular weight excluding hydrogens is 1330 g/mol. The molecule has 0 spiro atoms. The van der Waals surface area contributed by atoms with Gasteiger partial charge in [0.2, 0.25) is 0 Å². The van der Waals surface area contributed by atoms with Crippen LogP contribution < -0.4 is 9.47 Å². The van der Waals surface area contributed by atoms with E-state index in [2.05, 4.69) is 269 Å². The normalized spacial score (nSPS) is 13.3. The van der Waals surface area contributed by atoms with Crippen LogP contribution >= 0.6 is 0 Å². The Labute approximate surface area is 661 Å². The van der Waals surface area contributed by atoms with Crippen molar-refractivity contribution < 1.29 is 9.47 Å². The van der Waals surface area contributed by atoms with Crippen LogP contribution in [-0.2, 0) is 116 Å². The Morgan fingerprint density at radius 1 is 0.273 bits per heavy atom. The molecule has 0 amide bonds. The Hall–Kier alpha value is -9.24. The van der Waals surface area contributed by atoms with Crippen LogP contribution in [0.2, 0.25) is 0 Å². The van der Waals surface area contributed by atoms with E-state index in [1.165, 1.54) is 289 Å². The smallest absolute Gasteiger partial charge is 0.119 e. The van der Waals surface area contributed by atoms with Gasteiger partial charge in [-0.05, 0) is 414 Å². The predicted octanol–water partition coefficient (Wildman–Crippen LogP) is 26.8. The van der Waals surface area contributed by atoms with Gasteiger partial charge in [0.25, 0.3) is 0 Å². The van der Waals surface area contributed by atoms with Crippen LogP contribution in [0.4, 0.5) is 0 Å². The molecule has 0 radical (unpaired) electrons. The number of hydrogen-bond donors (Lipinski definition) is 0. The minimum atomic E-state index is 0.614. The van der Waals surface area contributed by atoms with E-state index < -0.39 is 0 Å². The van der Waals surface area contributed by atoms with Crippen molar-refractivity contribution in [2.45, 2.75) is 242 Å². The zero-order valence-corrected chi connectivity index (χ0v) is 68.2. The van der Waals surface area contributed by atoms with Crippen molar-refractivity contribution in [1.82, 2.24) is 0 Å². The molecule has 5 aliphatic rings. The molecule has 0 bridgehead atoms. The molecule has 0 heterocycles. The van der Waals surface area contributed by atoms with E-state index in [-0.39, 0.29) is 0 Å². The number of ether oxygens (including phenoxy) is 2. The second-order valence-electron chi connectivity index (χ2n) is 34.0. The first kappa shape index (κ1) is 77.5. The first-order chi connectivity index (χ1) is 53.6. The Bertz CT molecular complexity index is 5050. The molecule has 0 fully saturated rings. The lowest BCUT2D eigenvalue weighted by atomic mass is 9.83. The van der Waals surface area contributed by atoms with E-state index in [1.807, 2.05) is 0 Å². The number of aryl methyl sites for hydroxylation is 25. The Balaban J connectivity index is 0.000000125. The SMILES string of the molecule is Cc1cc(C)cc(-c2cc(CCCCc3ccc4c(c3)CC4)cc(CCCCc3ccc4c(c3)CC4)c2)c1.Cc1cc(C)cc(OCC(C)CCCCc2ccc3c(c2)CC3)c1.Cc1cc(CCCc2ccc3c(c2)CC3)c2cc(C)ccc2c1.Cc1ccc(C)c2cc(OCCCCc3cccc4c3CC4)ccc12. The summed E-state index contributed by atoms with van der Waals surface area (Å²) in [6.45, 7) is 21.3. The number of unbranched alkanes of at least 4 members (excludes halogenated alkanes) is 4. The molecule has 0 N–H and O–H groups in total. The lowest BCUT2D eigenvalue weighted by Gasteiger charge is -2.22. The van der Waals surface area contributed by atoms with Crippen LogP contribution in [0.1, 0.15) is 216 Å². The highest BCUT2D eigenvalue weighted by atomic mass is 16.5. The van der Waals surface area contributed by atoms with E-state index in [0.717, 1.165) is 31.1 Å². The number of benzene rings is 12. The van der Waals surface area contributed by atoms with Gasteiger partial charge in [-0.3, -0.25) is 0 Å². The van der Waals surface area contributed by atoms with Gasteiger partial charge in [0, 0.05) is 0 Å². The van der Waals surface area contributed by atoms with Gasteiger partial charge in [0.1, 0.15) is 11.5 Å². The fraction of sp³-hybridized carbons (Fsp3) is 0.370. The first-order valence-electron chi connectivity index (χ1n) is 42.7. The molecule has 2 heteroatoms. The monoisotopic (exact) mass is 1450 g/mol. The Morgan fingerprint density at radius 2 is 0.745 bits per heavy atom. The molecule has 0 saturated carbocycles. The van der Waals surface area contributed by atoms with E-state index in [9.17, 15) is 0 Å². The van der Waals surface area contributed by atoms with Crippen molar-refractivity contribution >= 4 is 21.5 Å². The average Bonchev–Trinajstić information content (AvgIpc) is 0.796. The molecule has 12 aromatic rings. The molecular formula is C108H122O2. The second-order valence-corrected chi connectivity index (χ2v) is 34.0. The lowest BCUT2D eigenvalue weighted by Crippen LogP contribution is -2.11. The molecule has 12 aromatic carbocycles. The predicted molar refractivity (Wildman–Crippen MR) is 469 cm³/mol. The van der Waals surface area contributed by atoms with Crippen LogP contribution in [0.15, 0.2) is 206 Å². The third-order valence-corrected chi connectivity index (χ3v) is 24.6. The maximum absolute atomic E-state index is 6.01. The first-order valence-corrected chi connectivity index (χ1v) is 42.7. The van der Waals surface area contributed by atoms with Gasteiger partial charge in [0.05, 0.1) is 13.2 Å². The number of fused-ring (bicyclic) bond motifs is 7. The highest BCUT2D eigenvalue weighted by molar-refractivity contribution is 5.90. The largest absolute Gasteiger partial charge is 0.494 e. The van der Waals surface area contributed by atoms with Crippen molar-refractivity contribution in [2.24, 2.45) is 5.92 Å². The van der Waals surface area contributed by atoms with Gasteiger partial charge in [-0.15, -0.1) is 0 Å². The van der Waals surface area contributed by atoms with E-state index in [1.54, 1.807) is 61.2 Å². The molecule has 5 aliphatic carbocycles.